The molecule has 0 aliphatic rings. The lowest BCUT2D eigenvalue weighted by Gasteiger charge is -2.18. The third kappa shape index (κ3) is 7.98. The zero-order valence-electron chi connectivity index (χ0n) is 14.0. The second-order valence-electron chi connectivity index (χ2n) is 5.30. The van der Waals surface area contributed by atoms with Crippen molar-refractivity contribution in [1.82, 2.24) is 15.5 Å². The molecule has 0 aromatic carbocycles. The van der Waals surface area contributed by atoms with Gasteiger partial charge in [-0.1, -0.05) is 0 Å². The smallest absolute Gasteiger partial charge is 0.223 e. The number of aliphatic imine (C=N–C) groups is 1. The molecule has 0 aliphatic heterocycles. The summed E-state index contributed by atoms with van der Waals surface area (Å²) < 4.78 is 0. The second kappa shape index (κ2) is 10.8. The third-order valence-electron chi connectivity index (χ3n) is 3.04. The van der Waals surface area contributed by atoms with Crippen LogP contribution in [0.25, 0.3) is 0 Å². The Labute approximate surface area is 154 Å². The van der Waals surface area contributed by atoms with Crippen molar-refractivity contribution in [2.24, 2.45) is 4.99 Å². The minimum absolute atomic E-state index is 0. The van der Waals surface area contributed by atoms with Crippen LogP contribution in [0, 0.1) is 6.92 Å². The molecule has 126 valence electrons. The van der Waals surface area contributed by atoms with Crippen LogP contribution in [0.3, 0.4) is 0 Å². The Morgan fingerprint density at radius 2 is 2.09 bits per heavy atom. The van der Waals surface area contributed by atoms with Crippen LogP contribution in [0.15, 0.2) is 17.1 Å². The Morgan fingerprint density at radius 1 is 1.41 bits per heavy atom. The van der Waals surface area contributed by atoms with E-state index in [4.69, 9.17) is 0 Å². The summed E-state index contributed by atoms with van der Waals surface area (Å²) in [7, 11) is 5.27. The van der Waals surface area contributed by atoms with Gasteiger partial charge in [0.2, 0.25) is 5.91 Å². The molecule has 7 heteroatoms. The van der Waals surface area contributed by atoms with Crippen molar-refractivity contribution < 1.29 is 4.79 Å². The van der Waals surface area contributed by atoms with Gasteiger partial charge in [-0.15, -0.1) is 35.3 Å². The number of amides is 1. The number of halogens is 1. The van der Waals surface area contributed by atoms with Crippen LogP contribution in [-0.2, 0) is 11.2 Å². The van der Waals surface area contributed by atoms with Crippen LogP contribution < -0.4 is 10.6 Å². The summed E-state index contributed by atoms with van der Waals surface area (Å²) in [5.41, 5.74) is 0. The second-order valence-corrected chi connectivity index (χ2v) is 6.67. The van der Waals surface area contributed by atoms with Crippen LogP contribution in [0.4, 0.5) is 0 Å². The Kier molecular flexibility index (Phi) is 10.4. The summed E-state index contributed by atoms with van der Waals surface area (Å²) in [5, 5.41) is 6.52. The zero-order valence-corrected chi connectivity index (χ0v) is 17.1. The van der Waals surface area contributed by atoms with Gasteiger partial charge in [0, 0.05) is 56.3 Å². The number of guanidine groups is 1. The first-order chi connectivity index (χ1) is 9.92. The minimum atomic E-state index is 0. The number of hydrogen-bond acceptors (Lipinski definition) is 3. The van der Waals surface area contributed by atoms with E-state index >= 15 is 0 Å². The molecule has 0 fully saturated rings. The first-order valence-corrected chi connectivity index (χ1v) is 7.96. The molecule has 0 bridgehead atoms. The fourth-order valence-electron chi connectivity index (χ4n) is 1.89. The fraction of sp³-hybridized carbons (Fsp3) is 0.600. The number of aryl methyl sites for hydroxylation is 1. The van der Waals surface area contributed by atoms with Gasteiger partial charge in [-0.25, -0.2) is 0 Å². The van der Waals surface area contributed by atoms with Gasteiger partial charge in [0.15, 0.2) is 5.96 Å². The molecule has 1 aromatic heterocycles. The topological polar surface area (TPSA) is 56.7 Å². The lowest BCUT2D eigenvalue weighted by atomic mass is 10.2. The average Bonchev–Trinajstić information content (AvgIpc) is 2.82. The van der Waals surface area contributed by atoms with E-state index < -0.39 is 0 Å². The van der Waals surface area contributed by atoms with E-state index in [0.29, 0.717) is 19.0 Å². The number of carbonyl (C=O) groups excluding carboxylic acids is 1. The van der Waals surface area contributed by atoms with Gasteiger partial charge in [0.05, 0.1) is 0 Å². The summed E-state index contributed by atoms with van der Waals surface area (Å²) in [6, 6.07) is 4.61. The van der Waals surface area contributed by atoms with Crippen LogP contribution in [-0.4, -0.2) is 50.5 Å². The predicted octanol–water partition coefficient (Wildman–Crippen LogP) is 2.25. The average molecular weight is 438 g/mol. The van der Waals surface area contributed by atoms with Crippen molar-refractivity contribution in [2.75, 3.05) is 27.7 Å². The fourth-order valence-corrected chi connectivity index (χ4v) is 2.91. The predicted molar refractivity (Wildman–Crippen MR) is 105 cm³/mol. The van der Waals surface area contributed by atoms with Gasteiger partial charge in [-0.2, -0.15) is 0 Å². The first kappa shape index (κ1) is 21.2. The molecule has 1 atom stereocenters. The summed E-state index contributed by atoms with van der Waals surface area (Å²) in [4.78, 5) is 20.0. The van der Waals surface area contributed by atoms with E-state index in [9.17, 15) is 4.79 Å². The van der Waals surface area contributed by atoms with Gasteiger partial charge in [-0.05, 0) is 26.0 Å². The molecular formula is C15H27IN4OS. The van der Waals surface area contributed by atoms with Crippen molar-refractivity contribution in [3.63, 3.8) is 0 Å². The van der Waals surface area contributed by atoms with E-state index in [1.54, 1.807) is 26.0 Å². The number of thiophene rings is 1. The van der Waals surface area contributed by atoms with E-state index in [-0.39, 0.29) is 29.9 Å². The molecule has 1 heterocycles. The van der Waals surface area contributed by atoms with Gasteiger partial charge in [0.1, 0.15) is 0 Å². The Balaban J connectivity index is 0.00000441. The number of carbonyl (C=O) groups is 1. The molecule has 1 unspecified atom stereocenters. The highest BCUT2D eigenvalue weighted by Crippen LogP contribution is 2.16. The maximum Gasteiger partial charge on any atom is 0.223 e. The van der Waals surface area contributed by atoms with E-state index in [0.717, 1.165) is 12.4 Å². The lowest BCUT2D eigenvalue weighted by Crippen LogP contribution is -2.44. The van der Waals surface area contributed by atoms with E-state index in [1.165, 1.54) is 9.75 Å². The quantitative estimate of drug-likeness (QED) is 0.407. The van der Waals surface area contributed by atoms with Gasteiger partial charge < -0.3 is 15.5 Å². The Bertz CT molecular complexity index is 488. The molecule has 0 saturated carbocycles. The summed E-state index contributed by atoms with van der Waals surface area (Å²) in [6.45, 7) is 4.84. The molecule has 1 aromatic rings. The third-order valence-corrected chi connectivity index (χ3v) is 4.06. The molecule has 22 heavy (non-hydrogen) atoms. The molecule has 5 nitrogen and oxygen atoms in total. The molecule has 1 rings (SSSR count). The van der Waals surface area contributed by atoms with E-state index in [1.807, 2.05) is 11.3 Å². The van der Waals surface area contributed by atoms with Crippen molar-refractivity contribution in [1.29, 1.82) is 0 Å². The van der Waals surface area contributed by atoms with Crippen LogP contribution in [0.1, 0.15) is 23.1 Å². The number of rotatable bonds is 6. The Morgan fingerprint density at radius 3 is 2.59 bits per heavy atom. The van der Waals surface area contributed by atoms with E-state index in [2.05, 4.69) is 41.6 Å². The summed E-state index contributed by atoms with van der Waals surface area (Å²) in [6.07, 6.45) is 1.43. The Hall–Kier alpha value is -0.830. The largest absolute Gasteiger partial charge is 0.356 e. The van der Waals surface area contributed by atoms with Gasteiger partial charge in [-0.3, -0.25) is 9.79 Å². The molecule has 0 aliphatic carbocycles. The van der Waals surface area contributed by atoms with Crippen LogP contribution in [0.5, 0.6) is 0 Å². The number of nitrogens with one attached hydrogen (secondary N) is 2. The molecule has 2 N–H and O–H groups in total. The molecule has 0 saturated heterocycles. The molecule has 1 amide bonds. The van der Waals surface area contributed by atoms with Crippen molar-refractivity contribution in [3.8, 4) is 0 Å². The highest BCUT2D eigenvalue weighted by atomic mass is 127. The zero-order chi connectivity index (χ0) is 15.8. The monoisotopic (exact) mass is 438 g/mol. The molecule has 0 radical (unpaired) electrons. The number of hydrogen-bond donors (Lipinski definition) is 2. The SMILES string of the molecule is CN=C(NCCC(=O)N(C)C)NC(C)Cc1ccc(C)s1.I. The summed E-state index contributed by atoms with van der Waals surface area (Å²) in [5.74, 6) is 0.849. The number of nitrogens with zero attached hydrogens (tertiary/aromatic N) is 2. The lowest BCUT2D eigenvalue weighted by molar-refractivity contribution is -0.128. The van der Waals surface area contributed by atoms with Crippen molar-refractivity contribution in [2.45, 2.75) is 32.7 Å². The van der Waals surface area contributed by atoms with Gasteiger partial charge in [0.25, 0.3) is 0 Å². The standard InChI is InChI=1S/C15H26N4OS.HI/c1-11(10-13-7-6-12(2)21-13)18-15(16-3)17-9-8-14(20)19(4)5;/h6-7,11H,8-10H2,1-5H3,(H2,16,17,18);1H. The molecule has 0 spiro atoms. The molecular weight excluding hydrogens is 411 g/mol. The maximum absolute atomic E-state index is 11.5. The van der Waals surface area contributed by atoms with Crippen molar-refractivity contribution in [3.05, 3.63) is 21.9 Å². The maximum atomic E-state index is 11.5. The highest BCUT2D eigenvalue weighted by molar-refractivity contribution is 14.0. The summed E-state index contributed by atoms with van der Waals surface area (Å²) >= 11 is 1.83. The van der Waals surface area contributed by atoms with Crippen molar-refractivity contribution >= 4 is 47.2 Å². The van der Waals surface area contributed by atoms with Crippen LogP contribution in [0.2, 0.25) is 0 Å². The van der Waals surface area contributed by atoms with Crippen LogP contribution >= 0.6 is 35.3 Å². The van der Waals surface area contributed by atoms with Gasteiger partial charge >= 0.3 is 0 Å². The highest BCUT2D eigenvalue weighted by Gasteiger charge is 2.09. The normalized spacial score (nSPS) is 12.3. The first-order valence-electron chi connectivity index (χ1n) is 7.15. The minimum Gasteiger partial charge on any atom is -0.356 e.